The van der Waals surface area contributed by atoms with Gasteiger partial charge < -0.3 is 20.7 Å². The number of thiophene rings is 1. The summed E-state index contributed by atoms with van der Waals surface area (Å²) in [5.74, 6) is -0.441. The Morgan fingerprint density at radius 3 is 2.49 bits per heavy atom. The van der Waals surface area contributed by atoms with E-state index in [4.69, 9.17) is 10.5 Å². The van der Waals surface area contributed by atoms with E-state index in [2.05, 4.69) is 5.32 Å². The summed E-state index contributed by atoms with van der Waals surface area (Å²) >= 11 is 1.06. The molecule has 1 unspecified atom stereocenters. The number of nitrogens with two attached hydrogens (primary N) is 1. The largest absolute Gasteiger partial charge is 0.497 e. The minimum atomic E-state index is -3.98. The summed E-state index contributed by atoms with van der Waals surface area (Å²) < 4.78 is 33.0. The van der Waals surface area contributed by atoms with Crippen molar-refractivity contribution in [2.75, 3.05) is 20.2 Å². The van der Waals surface area contributed by atoms with Crippen molar-refractivity contribution >= 4 is 33.2 Å². The average molecular weight is 515 g/mol. The third-order valence-corrected chi connectivity index (χ3v) is 8.94. The van der Waals surface area contributed by atoms with Crippen molar-refractivity contribution < 1.29 is 22.7 Å². The zero-order valence-electron chi connectivity index (χ0n) is 19.1. The van der Waals surface area contributed by atoms with Crippen molar-refractivity contribution in [3.63, 3.8) is 0 Å². The van der Waals surface area contributed by atoms with E-state index in [1.165, 1.54) is 18.1 Å². The molecular weight excluding hydrogens is 488 g/mol. The summed E-state index contributed by atoms with van der Waals surface area (Å²) in [6, 6.07) is 17.0. The number of nitrogens with one attached hydrogen (secondary N) is 1. The second-order valence-electron chi connectivity index (χ2n) is 7.89. The number of carbonyl (C=O) groups excluding carboxylic acids is 2. The molecule has 0 aliphatic carbocycles. The fourth-order valence-corrected chi connectivity index (χ4v) is 6.58. The number of carbonyl (C=O) groups is 2. The maximum atomic E-state index is 13.4. The Kier molecular flexibility index (Phi) is 7.51. The van der Waals surface area contributed by atoms with Crippen LogP contribution >= 0.6 is 11.3 Å². The molecular formula is C24H26N4O5S2. The van der Waals surface area contributed by atoms with Gasteiger partial charge in [0.25, 0.3) is 21.8 Å². The summed E-state index contributed by atoms with van der Waals surface area (Å²) in [6.45, 7) is 0.612. The lowest BCUT2D eigenvalue weighted by molar-refractivity contribution is -0.127. The highest BCUT2D eigenvalue weighted by Gasteiger charge is 2.46. The first-order valence-electron chi connectivity index (χ1n) is 10.9. The van der Waals surface area contributed by atoms with E-state index >= 15 is 0 Å². The molecule has 1 aliphatic heterocycles. The summed E-state index contributed by atoms with van der Waals surface area (Å²) in [5.41, 5.74) is 7.76. The Labute approximate surface area is 208 Å². The number of hydrogen-bond acceptors (Lipinski definition) is 7. The number of hydrogen-bond donors (Lipinski definition) is 2. The molecule has 1 saturated heterocycles. The quantitative estimate of drug-likeness (QED) is 0.474. The molecule has 1 aliphatic rings. The van der Waals surface area contributed by atoms with Crippen molar-refractivity contribution in [3.05, 3.63) is 82.7 Å². The Hall–Kier alpha value is -3.25. The maximum Gasteiger partial charge on any atom is 0.259 e. The van der Waals surface area contributed by atoms with Gasteiger partial charge >= 0.3 is 0 Å². The summed E-state index contributed by atoms with van der Waals surface area (Å²) in [4.78, 5) is 28.0. The van der Waals surface area contributed by atoms with Gasteiger partial charge in [0.15, 0.2) is 6.17 Å². The number of rotatable bonds is 8. The molecule has 0 bridgehead atoms. The van der Waals surface area contributed by atoms with E-state index in [9.17, 15) is 18.0 Å². The van der Waals surface area contributed by atoms with Crippen LogP contribution < -0.4 is 15.8 Å². The average Bonchev–Trinajstić information content (AvgIpc) is 3.58. The summed E-state index contributed by atoms with van der Waals surface area (Å²) in [6.07, 6.45) is -1.32. The van der Waals surface area contributed by atoms with Crippen molar-refractivity contribution in [3.8, 4) is 5.75 Å². The molecule has 0 radical (unpaired) electrons. The molecule has 35 heavy (non-hydrogen) atoms. The zero-order valence-corrected chi connectivity index (χ0v) is 20.7. The maximum absolute atomic E-state index is 13.4. The van der Waals surface area contributed by atoms with Crippen molar-refractivity contribution in [1.82, 2.24) is 14.5 Å². The third-order valence-electron chi connectivity index (χ3n) is 5.71. The van der Waals surface area contributed by atoms with Crippen LogP contribution in [0.2, 0.25) is 0 Å². The molecule has 0 spiro atoms. The van der Waals surface area contributed by atoms with E-state index < -0.39 is 28.0 Å². The topological polar surface area (TPSA) is 122 Å². The van der Waals surface area contributed by atoms with E-state index in [0.717, 1.165) is 26.8 Å². The van der Waals surface area contributed by atoms with Crippen LogP contribution in [-0.2, 0) is 27.9 Å². The van der Waals surface area contributed by atoms with E-state index in [0.29, 0.717) is 17.9 Å². The van der Waals surface area contributed by atoms with Gasteiger partial charge in [0.1, 0.15) is 9.96 Å². The number of sulfonamides is 1. The molecule has 0 saturated carbocycles. The van der Waals surface area contributed by atoms with Crippen LogP contribution in [0, 0.1) is 0 Å². The molecule has 3 N–H and O–H groups in total. The molecule has 4 rings (SSSR count). The van der Waals surface area contributed by atoms with Crippen LogP contribution in [0.4, 0.5) is 0 Å². The SMILES string of the molecule is COc1ccc(C(=O)N2CCN(S(=O)(=O)c3cccs3)C2C(=O)NCc2cccc(CN)c2)cc1. The number of methoxy groups -OCH3 is 1. The molecule has 11 heteroatoms. The van der Waals surface area contributed by atoms with Crippen LogP contribution in [0.3, 0.4) is 0 Å². The summed E-state index contributed by atoms with van der Waals surface area (Å²) in [5, 5.41) is 4.45. The standard InChI is InChI=1S/C24H26N4O5S2/c1-33-20-9-7-19(8-10-20)24(30)27-11-12-28(35(31,32)21-6-3-13-34-21)23(27)22(29)26-16-18-5-2-4-17(14-18)15-25/h2-10,13-14,23H,11-12,15-16,25H2,1H3,(H,26,29). The lowest BCUT2D eigenvalue weighted by Crippen LogP contribution is -2.53. The first kappa shape index (κ1) is 24.9. The zero-order chi connectivity index (χ0) is 25.0. The predicted octanol–water partition coefficient (Wildman–Crippen LogP) is 2.00. The molecule has 1 fully saturated rings. The van der Waals surface area contributed by atoms with Crippen LogP contribution in [0.5, 0.6) is 5.75 Å². The molecule has 184 valence electrons. The molecule has 2 aromatic carbocycles. The fraction of sp³-hybridized carbons (Fsp3) is 0.250. The third kappa shape index (κ3) is 5.22. The molecule has 3 aromatic rings. The van der Waals surface area contributed by atoms with E-state index in [1.807, 2.05) is 24.3 Å². The van der Waals surface area contributed by atoms with E-state index in [-0.39, 0.29) is 23.8 Å². The highest BCUT2D eigenvalue weighted by atomic mass is 32.2. The van der Waals surface area contributed by atoms with Crippen molar-refractivity contribution in [2.45, 2.75) is 23.5 Å². The highest BCUT2D eigenvalue weighted by molar-refractivity contribution is 7.91. The van der Waals surface area contributed by atoms with Crippen LogP contribution in [0.15, 0.2) is 70.3 Å². The predicted molar refractivity (Wildman–Crippen MR) is 132 cm³/mol. The lowest BCUT2D eigenvalue weighted by Gasteiger charge is -2.28. The first-order valence-corrected chi connectivity index (χ1v) is 13.2. The normalized spacial score (nSPS) is 16.3. The van der Waals surface area contributed by atoms with Gasteiger partial charge in [-0.3, -0.25) is 9.59 Å². The fourth-order valence-electron chi connectivity index (χ4n) is 3.92. The molecule has 9 nitrogen and oxygen atoms in total. The Morgan fingerprint density at radius 2 is 1.83 bits per heavy atom. The minimum Gasteiger partial charge on any atom is -0.497 e. The van der Waals surface area contributed by atoms with Crippen LogP contribution in [0.1, 0.15) is 21.5 Å². The van der Waals surface area contributed by atoms with Gasteiger partial charge in [0.05, 0.1) is 7.11 Å². The number of benzene rings is 2. The lowest BCUT2D eigenvalue weighted by atomic mass is 10.1. The van der Waals surface area contributed by atoms with Crippen molar-refractivity contribution in [1.29, 1.82) is 0 Å². The Balaban J connectivity index is 1.62. The van der Waals surface area contributed by atoms with Gasteiger partial charge in [0.2, 0.25) is 0 Å². The second kappa shape index (κ2) is 10.6. The van der Waals surface area contributed by atoms with Gasteiger partial charge in [-0.05, 0) is 46.8 Å². The van der Waals surface area contributed by atoms with Gasteiger partial charge in [-0.2, -0.15) is 4.31 Å². The number of amides is 2. The minimum absolute atomic E-state index is 0.00285. The molecule has 2 heterocycles. The van der Waals surface area contributed by atoms with Gasteiger partial charge in [-0.15, -0.1) is 11.3 Å². The van der Waals surface area contributed by atoms with Crippen molar-refractivity contribution in [2.24, 2.45) is 5.73 Å². The second-order valence-corrected chi connectivity index (χ2v) is 11.0. The highest BCUT2D eigenvalue weighted by Crippen LogP contribution is 2.28. The smallest absolute Gasteiger partial charge is 0.259 e. The number of ether oxygens (including phenoxy) is 1. The first-order chi connectivity index (χ1) is 16.8. The molecule has 1 atom stereocenters. The van der Waals surface area contributed by atoms with E-state index in [1.54, 1.807) is 35.7 Å². The number of nitrogens with zero attached hydrogens (tertiary/aromatic N) is 2. The van der Waals surface area contributed by atoms with Gasteiger partial charge in [0, 0.05) is 31.7 Å². The molecule has 2 amide bonds. The van der Waals surface area contributed by atoms with Crippen LogP contribution in [0.25, 0.3) is 0 Å². The molecule has 1 aromatic heterocycles. The Morgan fingerprint density at radius 1 is 1.09 bits per heavy atom. The summed E-state index contributed by atoms with van der Waals surface area (Å²) in [7, 11) is -2.46. The monoisotopic (exact) mass is 514 g/mol. The van der Waals surface area contributed by atoms with Gasteiger partial charge in [-0.25, -0.2) is 8.42 Å². The Bertz CT molecular complexity index is 1290. The van der Waals surface area contributed by atoms with Gasteiger partial charge in [-0.1, -0.05) is 30.3 Å². The van der Waals surface area contributed by atoms with Crippen LogP contribution in [-0.4, -0.2) is 55.8 Å².